The van der Waals surface area contributed by atoms with Crippen molar-refractivity contribution in [1.29, 1.82) is 0 Å². The Morgan fingerprint density at radius 1 is 1.12 bits per heavy atom. The average Bonchev–Trinajstić information content (AvgIpc) is 3.43. The second-order valence-corrected chi connectivity index (χ2v) is 13.4. The lowest BCUT2D eigenvalue weighted by atomic mass is 9.52. The van der Waals surface area contributed by atoms with Gasteiger partial charge < -0.3 is 10.1 Å². The molecule has 0 aromatic carbocycles. The zero-order valence-electron chi connectivity index (χ0n) is 21.1. The molecular weight excluding hydrogens is 406 g/mol. The highest BCUT2D eigenvalue weighted by molar-refractivity contribution is 5.32. The molecule has 0 radical (unpaired) electrons. The minimum atomic E-state index is 0.0704. The molecule has 4 fully saturated rings. The number of aromatic nitrogens is 2. The maximum atomic E-state index is 7.06. The van der Waals surface area contributed by atoms with Crippen LogP contribution in [-0.2, 0) is 17.6 Å². The Balaban J connectivity index is 1.19. The molecule has 2 saturated carbocycles. The van der Waals surface area contributed by atoms with E-state index < -0.39 is 0 Å². The number of aromatic amines is 1. The van der Waals surface area contributed by atoms with Crippen LogP contribution in [0.25, 0.3) is 0 Å². The standard InChI is InChI=1S/C29H43N3O/c1-16-9-26-27(30-14-16)18(3)29(33-26)8-7-21-22-6-5-20-10-25-19(15-31-32-25)13-28(20,4)24(22)11-23(21)17(2)12-29/h15-16,18,20-22,24,26-27,30H,5-14H2,1-4H3,(H,31,32)/t16-,18+,20+,21-,22-,24-,26+,27+,28-,29-/m0/s1. The molecular formula is C29H43N3O. The molecule has 0 bridgehead atoms. The summed E-state index contributed by atoms with van der Waals surface area (Å²) < 4.78 is 7.06. The fraction of sp³-hybridized carbons (Fsp3) is 0.828. The zero-order valence-corrected chi connectivity index (χ0v) is 21.1. The molecule has 2 N–H and O–H groups in total. The van der Waals surface area contributed by atoms with Gasteiger partial charge in [0.2, 0.25) is 0 Å². The summed E-state index contributed by atoms with van der Waals surface area (Å²) in [6.45, 7) is 11.2. The first kappa shape index (κ1) is 21.2. The summed E-state index contributed by atoms with van der Waals surface area (Å²) >= 11 is 0. The Kier molecular flexibility index (Phi) is 4.62. The number of nitrogens with zero attached hydrogens (tertiary/aromatic N) is 1. The van der Waals surface area contributed by atoms with Gasteiger partial charge in [-0.25, -0.2) is 0 Å². The Bertz CT molecular complexity index is 981. The second kappa shape index (κ2) is 7.20. The van der Waals surface area contributed by atoms with E-state index in [4.69, 9.17) is 4.74 Å². The van der Waals surface area contributed by atoms with Crippen LogP contribution in [0.1, 0.15) is 83.9 Å². The minimum absolute atomic E-state index is 0.0704. The van der Waals surface area contributed by atoms with Gasteiger partial charge in [-0.2, -0.15) is 5.10 Å². The van der Waals surface area contributed by atoms with E-state index in [0.717, 1.165) is 36.1 Å². The molecule has 2 aliphatic heterocycles. The summed E-state index contributed by atoms with van der Waals surface area (Å²) in [5.41, 5.74) is 7.00. The minimum Gasteiger partial charge on any atom is -0.369 e. The molecule has 10 atom stereocenters. The van der Waals surface area contributed by atoms with Crippen LogP contribution in [0.5, 0.6) is 0 Å². The third-order valence-electron chi connectivity index (χ3n) is 11.9. The van der Waals surface area contributed by atoms with Gasteiger partial charge >= 0.3 is 0 Å². The lowest BCUT2D eigenvalue weighted by Crippen LogP contribution is -2.48. The smallest absolute Gasteiger partial charge is 0.0765 e. The van der Waals surface area contributed by atoms with Crippen molar-refractivity contribution in [3.05, 3.63) is 28.6 Å². The summed E-state index contributed by atoms with van der Waals surface area (Å²) in [6, 6.07) is 0.561. The fourth-order valence-electron chi connectivity index (χ4n) is 10.0. The van der Waals surface area contributed by atoms with E-state index in [-0.39, 0.29) is 5.60 Å². The van der Waals surface area contributed by atoms with Crippen LogP contribution >= 0.6 is 0 Å². The lowest BCUT2D eigenvalue weighted by molar-refractivity contribution is -0.0733. The third-order valence-corrected chi connectivity index (χ3v) is 11.9. The molecule has 7 rings (SSSR count). The Morgan fingerprint density at radius 3 is 2.88 bits per heavy atom. The number of piperidine rings is 1. The number of fused-ring (bicyclic) bond motifs is 7. The maximum absolute atomic E-state index is 7.06. The highest BCUT2D eigenvalue weighted by Gasteiger charge is 2.59. The molecule has 4 aliphatic carbocycles. The second-order valence-electron chi connectivity index (χ2n) is 13.4. The molecule has 1 spiro atoms. The van der Waals surface area contributed by atoms with Crippen LogP contribution in [0.2, 0.25) is 0 Å². The number of allylic oxidation sites excluding steroid dienone is 1. The molecule has 3 heterocycles. The highest BCUT2D eigenvalue weighted by Crippen LogP contribution is 2.64. The van der Waals surface area contributed by atoms with Crippen molar-refractivity contribution in [2.45, 2.75) is 103 Å². The van der Waals surface area contributed by atoms with Gasteiger partial charge in [-0.3, -0.25) is 5.10 Å². The van der Waals surface area contributed by atoms with Crippen LogP contribution < -0.4 is 5.32 Å². The van der Waals surface area contributed by atoms with Crippen LogP contribution in [0, 0.1) is 40.9 Å². The summed E-state index contributed by atoms with van der Waals surface area (Å²) in [4.78, 5) is 0. The molecule has 6 aliphatic rings. The van der Waals surface area contributed by atoms with Crippen molar-refractivity contribution >= 4 is 0 Å². The topological polar surface area (TPSA) is 49.9 Å². The molecule has 4 nitrogen and oxygen atoms in total. The number of hydrogen-bond donors (Lipinski definition) is 2. The number of H-pyrrole nitrogens is 1. The zero-order chi connectivity index (χ0) is 22.5. The third kappa shape index (κ3) is 2.92. The normalized spacial score (nSPS) is 50.9. The summed E-state index contributed by atoms with van der Waals surface area (Å²) in [5.74, 6) is 4.73. The van der Waals surface area contributed by atoms with E-state index in [1.807, 2.05) is 5.57 Å². The first-order chi connectivity index (χ1) is 15.9. The van der Waals surface area contributed by atoms with E-state index in [1.165, 1.54) is 69.0 Å². The van der Waals surface area contributed by atoms with Gasteiger partial charge in [0.05, 0.1) is 17.9 Å². The van der Waals surface area contributed by atoms with Crippen molar-refractivity contribution in [1.82, 2.24) is 15.5 Å². The largest absolute Gasteiger partial charge is 0.369 e. The summed E-state index contributed by atoms with van der Waals surface area (Å²) in [5, 5.41) is 11.6. The van der Waals surface area contributed by atoms with E-state index in [1.54, 1.807) is 5.57 Å². The summed E-state index contributed by atoms with van der Waals surface area (Å²) in [7, 11) is 0. The molecule has 0 amide bonds. The molecule has 1 aromatic rings. The van der Waals surface area contributed by atoms with Gasteiger partial charge in [-0.1, -0.05) is 31.9 Å². The van der Waals surface area contributed by atoms with Crippen LogP contribution in [0.3, 0.4) is 0 Å². The number of hydrogen-bond acceptors (Lipinski definition) is 3. The van der Waals surface area contributed by atoms with E-state index in [0.29, 0.717) is 23.5 Å². The van der Waals surface area contributed by atoms with Gasteiger partial charge in [0.15, 0.2) is 0 Å². The van der Waals surface area contributed by atoms with E-state index in [9.17, 15) is 0 Å². The lowest BCUT2D eigenvalue weighted by Gasteiger charge is -2.52. The van der Waals surface area contributed by atoms with Gasteiger partial charge in [0.1, 0.15) is 0 Å². The highest BCUT2D eigenvalue weighted by atomic mass is 16.5. The summed E-state index contributed by atoms with van der Waals surface area (Å²) in [6.07, 6.45) is 14.2. The first-order valence-corrected chi connectivity index (χ1v) is 14.0. The Morgan fingerprint density at radius 2 is 2.00 bits per heavy atom. The molecule has 2 saturated heterocycles. The molecule has 1 aromatic heterocycles. The van der Waals surface area contributed by atoms with Crippen molar-refractivity contribution < 1.29 is 4.74 Å². The van der Waals surface area contributed by atoms with E-state index >= 15 is 0 Å². The van der Waals surface area contributed by atoms with Crippen LogP contribution in [-0.4, -0.2) is 34.5 Å². The maximum Gasteiger partial charge on any atom is 0.0765 e. The number of nitrogens with one attached hydrogen (secondary N) is 2. The van der Waals surface area contributed by atoms with Gasteiger partial charge in [-0.05, 0) is 112 Å². The number of ether oxygens (including phenoxy) is 1. The van der Waals surface area contributed by atoms with Gasteiger partial charge in [0, 0.05) is 17.7 Å². The predicted molar refractivity (Wildman–Crippen MR) is 131 cm³/mol. The van der Waals surface area contributed by atoms with Crippen molar-refractivity contribution in [2.24, 2.45) is 40.9 Å². The van der Waals surface area contributed by atoms with Crippen molar-refractivity contribution in [3.63, 3.8) is 0 Å². The fourth-order valence-corrected chi connectivity index (χ4v) is 10.0. The van der Waals surface area contributed by atoms with Crippen LogP contribution in [0.4, 0.5) is 0 Å². The number of rotatable bonds is 0. The first-order valence-electron chi connectivity index (χ1n) is 14.0. The van der Waals surface area contributed by atoms with Crippen molar-refractivity contribution in [3.8, 4) is 0 Å². The SMILES string of the molecule is CC1=C2C[C@H]3[C@@H](CC[C@@H]4Cc5[nH]ncc5C[C@@]43C)[C@@H]2CC[C@@]2(C1)O[C@@H]1C[C@H](C)CN[C@@H]1[C@H]2C. The quantitative estimate of drug-likeness (QED) is 0.518. The molecule has 4 heteroatoms. The monoisotopic (exact) mass is 449 g/mol. The Labute approximate surface area is 199 Å². The average molecular weight is 450 g/mol. The van der Waals surface area contributed by atoms with Crippen molar-refractivity contribution in [2.75, 3.05) is 6.54 Å². The van der Waals surface area contributed by atoms with Gasteiger partial charge in [-0.15, -0.1) is 0 Å². The molecule has 33 heavy (non-hydrogen) atoms. The van der Waals surface area contributed by atoms with E-state index in [2.05, 4.69) is 49.4 Å². The molecule has 180 valence electrons. The molecule has 0 unspecified atom stereocenters. The Hall–Kier alpha value is -1.13. The van der Waals surface area contributed by atoms with Gasteiger partial charge in [0.25, 0.3) is 0 Å². The van der Waals surface area contributed by atoms with Crippen LogP contribution in [0.15, 0.2) is 17.3 Å². The predicted octanol–water partition coefficient (Wildman–Crippen LogP) is 5.45.